The van der Waals surface area contributed by atoms with Gasteiger partial charge in [-0.2, -0.15) is 0 Å². The molecule has 0 aromatic rings. The van der Waals surface area contributed by atoms with Crippen LogP contribution in [0.2, 0.25) is 0 Å². The van der Waals surface area contributed by atoms with Gasteiger partial charge in [-0.3, -0.25) is 0 Å². The van der Waals surface area contributed by atoms with Gasteiger partial charge in [0.2, 0.25) is 0 Å². The Hall–Kier alpha value is 1.02. The average molecular weight is 177 g/mol. The first kappa shape index (κ1) is 13.6. The second-order valence-electron chi connectivity index (χ2n) is 3.05. The van der Waals surface area contributed by atoms with Gasteiger partial charge in [-0.15, -0.1) is 0 Å². The molecular weight excluding hydrogens is 160 g/mol. The summed E-state index contributed by atoms with van der Waals surface area (Å²) in [7, 11) is 0. The zero-order chi connectivity index (χ0) is 7.49. The molecule has 0 radical (unpaired) electrons. The van der Waals surface area contributed by atoms with E-state index in [9.17, 15) is 0 Å². The summed E-state index contributed by atoms with van der Waals surface area (Å²) in [5.74, 6) is 0. The van der Waals surface area contributed by atoms with Crippen LogP contribution in [0.5, 0.6) is 0 Å². The van der Waals surface area contributed by atoms with E-state index < -0.39 is 0 Å². The molecule has 10 heavy (non-hydrogen) atoms. The summed E-state index contributed by atoms with van der Waals surface area (Å²) < 4.78 is 5.35. The molecule has 1 atom stereocenters. The third-order valence-corrected chi connectivity index (χ3v) is 1.20. The Morgan fingerprint density at radius 1 is 1.50 bits per heavy atom. The van der Waals surface area contributed by atoms with E-state index in [1.165, 1.54) is 0 Å². The van der Waals surface area contributed by atoms with Crippen LogP contribution >= 0.6 is 11.6 Å². The van der Waals surface area contributed by atoms with E-state index in [1.807, 2.05) is 27.7 Å². The first-order valence-electron chi connectivity index (χ1n) is 3.27. The zero-order valence-electron chi connectivity index (χ0n) is 9.28. The molecule has 0 aromatic heterocycles. The van der Waals surface area contributed by atoms with Crippen LogP contribution in [0, 0.1) is 0 Å². The van der Waals surface area contributed by atoms with Gasteiger partial charge in [0.1, 0.15) is 5.56 Å². The van der Waals surface area contributed by atoms with Crippen molar-refractivity contribution in [1.29, 1.82) is 0 Å². The van der Waals surface area contributed by atoms with Gasteiger partial charge in [0.05, 0.1) is 5.60 Å². The van der Waals surface area contributed by atoms with E-state index in [4.69, 9.17) is 16.3 Å². The van der Waals surface area contributed by atoms with Gasteiger partial charge in [-0.25, -0.2) is 0 Å². The molecule has 0 aliphatic carbocycles. The van der Waals surface area contributed by atoms with Gasteiger partial charge in [-0.1, -0.05) is 18.5 Å². The summed E-state index contributed by atoms with van der Waals surface area (Å²) in [6.45, 7) is 8.00. The van der Waals surface area contributed by atoms with Crippen molar-refractivity contribution >= 4 is 34.7 Å². The maximum Gasteiger partial charge on any atom is 2.00 e. The molecule has 1 nitrogen and oxygen atoms in total. The normalized spacial score (nSPS) is 14.1. The molecule has 0 aliphatic heterocycles. The van der Waals surface area contributed by atoms with Crippen molar-refractivity contribution < 1.29 is 7.59 Å². The quantitative estimate of drug-likeness (QED) is 0.465. The van der Waals surface area contributed by atoms with Crippen molar-refractivity contribution in [3.8, 4) is 0 Å². The number of ether oxygens (including phenoxy) is 1. The second-order valence-corrected chi connectivity index (χ2v) is 3.54. The molecule has 0 heterocycles. The predicted octanol–water partition coefficient (Wildman–Crippen LogP) is 2.62. The van der Waals surface area contributed by atoms with Gasteiger partial charge < -0.3 is 7.59 Å². The Morgan fingerprint density at radius 3 is 2.00 bits per heavy atom. The van der Waals surface area contributed by atoms with E-state index in [1.54, 1.807) is 0 Å². The van der Waals surface area contributed by atoms with E-state index in [2.05, 4.69) is 0 Å². The summed E-state index contributed by atoms with van der Waals surface area (Å²) in [5, 5.41) is 0. The monoisotopic (exact) mass is 176 g/mol. The van der Waals surface area contributed by atoms with Crippen LogP contribution in [0.25, 0.3) is 0 Å². The second kappa shape index (κ2) is 5.64. The summed E-state index contributed by atoms with van der Waals surface area (Å²) in [5.41, 5.74) is -0.243. The summed E-state index contributed by atoms with van der Waals surface area (Å²) in [6.07, 6.45) is 0.860. The van der Waals surface area contributed by atoms with Crippen LogP contribution in [0.15, 0.2) is 0 Å². The van der Waals surface area contributed by atoms with Crippen molar-refractivity contribution in [2.45, 2.75) is 45.3 Å². The van der Waals surface area contributed by atoms with Crippen LogP contribution in [0.4, 0.5) is 0 Å². The summed E-state index contributed by atoms with van der Waals surface area (Å²) in [4.78, 5) is 0. The zero-order valence-corrected chi connectivity index (χ0v) is 9.45. The van der Waals surface area contributed by atoms with Crippen LogP contribution in [0.1, 0.15) is 37.0 Å². The molecule has 0 rings (SSSR count). The Morgan fingerprint density at radius 2 is 1.90 bits per heavy atom. The Kier molecular flexibility index (Phi) is 7.67. The van der Waals surface area contributed by atoms with Crippen molar-refractivity contribution in [2.24, 2.45) is 0 Å². The Labute approximate surface area is 87.6 Å². The van der Waals surface area contributed by atoms with Crippen molar-refractivity contribution in [1.82, 2.24) is 0 Å². The van der Waals surface area contributed by atoms with Crippen LogP contribution in [-0.2, 0) is 4.74 Å². The van der Waals surface area contributed by atoms with Gasteiger partial charge in [0, 0.05) is 0 Å². The Balaban J connectivity index is -0.000000107. The third-order valence-electron chi connectivity index (χ3n) is 0.802. The van der Waals surface area contributed by atoms with E-state index in [-0.39, 0.29) is 37.1 Å². The van der Waals surface area contributed by atoms with Crippen LogP contribution in [0.3, 0.4) is 0 Å². The maximum atomic E-state index is 5.73. The topological polar surface area (TPSA) is 9.23 Å². The molecular formula is C7H17ClMgO. The maximum absolute atomic E-state index is 5.73. The summed E-state index contributed by atoms with van der Waals surface area (Å²) in [6, 6.07) is 0. The van der Waals surface area contributed by atoms with E-state index in [0.29, 0.717) is 0 Å². The summed E-state index contributed by atoms with van der Waals surface area (Å²) >= 11 is 5.73. The molecule has 0 spiro atoms. The minimum absolute atomic E-state index is 0. The molecule has 1 unspecified atom stereocenters. The number of hydrogen-bond donors (Lipinski definition) is 0. The van der Waals surface area contributed by atoms with Crippen molar-refractivity contribution in [3.63, 3.8) is 0 Å². The molecule has 0 fully saturated rings. The van der Waals surface area contributed by atoms with E-state index >= 15 is 0 Å². The smallest absolute Gasteiger partial charge is 1.00 e. The van der Waals surface area contributed by atoms with Gasteiger partial charge >= 0.3 is 23.1 Å². The fourth-order valence-corrected chi connectivity index (χ4v) is 0.734. The predicted molar refractivity (Wildman–Crippen MR) is 48.7 cm³/mol. The SMILES string of the molecule is CCC(Cl)OC(C)(C)C.[H-].[H-].[Mg+2]. The molecule has 0 bridgehead atoms. The number of halogens is 1. The first-order chi connectivity index (χ1) is 3.95. The van der Waals surface area contributed by atoms with Gasteiger partial charge in [0.15, 0.2) is 0 Å². The van der Waals surface area contributed by atoms with E-state index in [0.717, 1.165) is 6.42 Å². The minimum Gasteiger partial charge on any atom is -1.00 e. The van der Waals surface area contributed by atoms with Crippen molar-refractivity contribution in [3.05, 3.63) is 0 Å². The van der Waals surface area contributed by atoms with Gasteiger partial charge in [-0.05, 0) is 27.2 Å². The number of hydrogen-bond acceptors (Lipinski definition) is 1. The molecule has 3 heteroatoms. The molecule has 0 saturated carbocycles. The Bertz CT molecular complexity index is 88.0. The molecule has 0 amide bonds. The fourth-order valence-electron chi connectivity index (χ4n) is 0.467. The third kappa shape index (κ3) is 9.02. The number of rotatable bonds is 2. The fraction of sp³-hybridized carbons (Fsp3) is 1.00. The van der Waals surface area contributed by atoms with Crippen molar-refractivity contribution in [2.75, 3.05) is 0 Å². The van der Waals surface area contributed by atoms with Gasteiger partial charge in [0.25, 0.3) is 0 Å². The molecule has 0 saturated heterocycles. The van der Waals surface area contributed by atoms with Crippen LogP contribution < -0.4 is 0 Å². The van der Waals surface area contributed by atoms with Crippen LogP contribution in [-0.4, -0.2) is 34.2 Å². The standard InChI is InChI=1S/C7H15ClO.Mg.2H/c1-5-6(8)9-7(2,3)4;;;/h6H,5H2,1-4H3;;;/q;+2;2*-1. The molecule has 0 N–H and O–H groups in total. The largest absolute Gasteiger partial charge is 2.00 e. The average Bonchev–Trinajstić information content (AvgIpc) is 1.62. The molecule has 60 valence electrons. The molecule has 0 aromatic carbocycles. The molecule has 0 aliphatic rings. The first-order valence-corrected chi connectivity index (χ1v) is 3.71. The minimum atomic E-state index is -0.134. The number of alkyl halides is 1.